The number of rotatable bonds is 9. The Morgan fingerprint density at radius 2 is 1.75 bits per heavy atom. The van der Waals surface area contributed by atoms with Gasteiger partial charge in [0.05, 0.1) is 16.4 Å². The molecule has 2 aromatic rings. The first kappa shape index (κ1) is 21.8. The summed E-state index contributed by atoms with van der Waals surface area (Å²) < 4.78 is 26.3. The number of carbonyl (C=O) groups excluding carboxylic acids is 1. The van der Waals surface area contributed by atoms with Gasteiger partial charge in [-0.2, -0.15) is 4.31 Å². The highest BCUT2D eigenvalue weighted by Gasteiger charge is 2.21. The predicted octanol–water partition coefficient (Wildman–Crippen LogP) is 3.57. The van der Waals surface area contributed by atoms with E-state index in [0.29, 0.717) is 24.3 Å². The number of halogens is 1. The average molecular weight is 426 g/mol. The highest BCUT2D eigenvalue weighted by molar-refractivity contribution is 7.89. The van der Waals surface area contributed by atoms with Crippen LogP contribution in [0.2, 0.25) is 5.02 Å². The number of anilines is 1. The maximum atomic E-state index is 12.5. The van der Waals surface area contributed by atoms with E-state index in [0.717, 1.165) is 0 Å². The molecule has 1 N–H and O–H groups in total. The molecule has 0 aliphatic carbocycles. The van der Waals surface area contributed by atoms with Gasteiger partial charge in [0.15, 0.2) is 5.78 Å². The van der Waals surface area contributed by atoms with E-state index in [4.69, 9.17) is 11.6 Å². The second-order valence-corrected chi connectivity index (χ2v) is 8.16. The zero-order valence-electron chi connectivity index (χ0n) is 15.4. The fourth-order valence-corrected chi connectivity index (χ4v) is 4.22. The lowest BCUT2D eigenvalue weighted by Gasteiger charge is -2.18. The van der Waals surface area contributed by atoms with Gasteiger partial charge in [-0.3, -0.25) is 14.9 Å². The van der Waals surface area contributed by atoms with Gasteiger partial charge in [-0.15, -0.1) is 0 Å². The first-order valence-electron chi connectivity index (χ1n) is 8.52. The molecule has 0 amide bonds. The van der Waals surface area contributed by atoms with E-state index in [9.17, 15) is 23.3 Å². The normalized spacial score (nSPS) is 11.4. The SMILES string of the molecule is CCN(CC)S(=O)(=O)c1ccc(C(=O)CNc2ccc(Cl)c([N+](=O)[O-])c2)cc1. The van der Waals surface area contributed by atoms with Crippen LogP contribution in [0, 0.1) is 10.1 Å². The Balaban J connectivity index is 2.10. The molecule has 8 nitrogen and oxygen atoms in total. The van der Waals surface area contributed by atoms with Crippen LogP contribution in [0.25, 0.3) is 0 Å². The lowest BCUT2D eigenvalue weighted by molar-refractivity contribution is -0.384. The Bertz CT molecular complexity index is 973. The molecule has 0 atom stereocenters. The second kappa shape index (κ2) is 9.13. The van der Waals surface area contributed by atoms with Crippen LogP contribution in [0.1, 0.15) is 24.2 Å². The van der Waals surface area contributed by atoms with Gasteiger partial charge in [0, 0.05) is 30.4 Å². The standard InChI is InChI=1S/C18H20ClN3O5S/c1-3-21(4-2)28(26,27)15-8-5-13(6-9-15)18(23)12-20-14-7-10-16(19)17(11-14)22(24)25/h5-11,20H,3-4,12H2,1-2H3. The van der Waals surface area contributed by atoms with E-state index >= 15 is 0 Å². The largest absolute Gasteiger partial charge is 0.377 e. The van der Waals surface area contributed by atoms with Crippen molar-refractivity contribution < 1.29 is 18.1 Å². The van der Waals surface area contributed by atoms with Crippen molar-refractivity contribution in [3.8, 4) is 0 Å². The molecule has 0 radical (unpaired) electrons. The van der Waals surface area contributed by atoms with Crippen LogP contribution in [0.5, 0.6) is 0 Å². The predicted molar refractivity (Wildman–Crippen MR) is 107 cm³/mol. The van der Waals surface area contributed by atoms with Gasteiger partial charge >= 0.3 is 0 Å². The maximum Gasteiger partial charge on any atom is 0.289 e. The zero-order chi connectivity index (χ0) is 20.9. The molecule has 0 heterocycles. The fourth-order valence-electron chi connectivity index (χ4n) is 2.57. The molecule has 2 rings (SSSR count). The van der Waals surface area contributed by atoms with Crippen molar-refractivity contribution in [2.24, 2.45) is 0 Å². The zero-order valence-corrected chi connectivity index (χ0v) is 17.0. The van der Waals surface area contributed by atoms with Crippen molar-refractivity contribution in [2.45, 2.75) is 18.7 Å². The molecule has 0 aromatic heterocycles. The molecule has 0 fully saturated rings. The molecule has 0 saturated carbocycles. The van der Waals surface area contributed by atoms with E-state index in [1.807, 2.05) is 0 Å². The van der Waals surface area contributed by atoms with E-state index in [2.05, 4.69) is 5.32 Å². The minimum Gasteiger partial charge on any atom is -0.377 e. The topological polar surface area (TPSA) is 110 Å². The molecule has 0 bridgehead atoms. The number of ketones is 1. The highest BCUT2D eigenvalue weighted by Crippen LogP contribution is 2.27. The summed E-state index contributed by atoms with van der Waals surface area (Å²) in [6.45, 7) is 4.12. The second-order valence-electron chi connectivity index (χ2n) is 5.81. The van der Waals surface area contributed by atoms with Crippen LogP contribution in [0.15, 0.2) is 47.4 Å². The Hall–Kier alpha value is -2.49. The van der Waals surface area contributed by atoms with Gasteiger partial charge in [0.2, 0.25) is 10.0 Å². The Morgan fingerprint density at radius 1 is 1.14 bits per heavy atom. The Morgan fingerprint density at radius 3 is 2.29 bits per heavy atom. The third-order valence-corrected chi connectivity index (χ3v) is 6.50. The van der Waals surface area contributed by atoms with Gasteiger partial charge in [-0.1, -0.05) is 25.4 Å². The lowest BCUT2D eigenvalue weighted by Crippen LogP contribution is -2.30. The first-order valence-corrected chi connectivity index (χ1v) is 10.3. The molecule has 0 saturated heterocycles. The van der Waals surface area contributed by atoms with E-state index in [1.54, 1.807) is 13.8 Å². The van der Waals surface area contributed by atoms with Crippen LogP contribution in [-0.2, 0) is 10.0 Å². The first-order chi connectivity index (χ1) is 13.2. The van der Waals surface area contributed by atoms with Crippen molar-refractivity contribution >= 4 is 38.8 Å². The minimum absolute atomic E-state index is 0.00637. The number of Topliss-reactive ketones (excluding diaryl/α,β-unsaturated/α-hetero) is 1. The summed E-state index contributed by atoms with van der Waals surface area (Å²) in [5.74, 6) is -0.288. The van der Waals surface area contributed by atoms with Crippen LogP contribution in [0.4, 0.5) is 11.4 Å². The highest BCUT2D eigenvalue weighted by atomic mass is 35.5. The van der Waals surface area contributed by atoms with Crippen LogP contribution < -0.4 is 5.32 Å². The van der Waals surface area contributed by atoms with Gasteiger partial charge < -0.3 is 5.32 Å². The number of nitrogens with zero attached hydrogens (tertiary/aromatic N) is 2. The fraction of sp³-hybridized carbons (Fsp3) is 0.278. The molecule has 0 spiro atoms. The van der Waals surface area contributed by atoms with Crippen molar-refractivity contribution in [3.63, 3.8) is 0 Å². The third kappa shape index (κ3) is 4.86. The molecule has 150 valence electrons. The monoisotopic (exact) mass is 425 g/mol. The van der Waals surface area contributed by atoms with Crippen molar-refractivity contribution in [3.05, 3.63) is 63.2 Å². The number of sulfonamides is 1. The van der Waals surface area contributed by atoms with Crippen LogP contribution in [0.3, 0.4) is 0 Å². The van der Waals surface area contributed by atoms with E-state index in [-0.39, 0.29) is 27.9 Å². The molecule has 0 aliphatic heterocycles. The maximum absolute atomic E-state index is 12.5. The molecule has 0 aliphatic rings. The summed E-state index contributed by atoms with van der Waals surface area (Å²) in [4.78, 5) is 22.8. The number of nitrogens with one attached hydrogen (secondary N) is 1. The summed E-state index contributed by atoms with van der Waals surface area (Å²) in [5.41, 5.74) is 0.449. The number of hydrogen-bond donors (Lipinski definition) is 1. The molecule has 0 unspecified atom stereocenters. The van der Waals surface area contributed by atoms with E-state index < -0.39 is 14.9 Å². The Kier molecular flexibility index (Phi) is 7.11. The Labute approximate surface area is 168 Å². The average Bonchev–Trinajstić information content (AvgIpc) is 2.67. The van der Waals surface area contributed by atoms with Crippen LogP contribution in [-0.4, -0.2) is 43.1 Å². The van der Waals surface area contributed by atoms with Crippen molar-refractivity contribution in [2.75, 3.05) is 25.0 Å². The number of nitro benzene ring substituents is 1. The minimum atomic E-state index is -3.59. The number of benzene rings is 2. The smallest absolute Gasteiger partial charge is 0.289 e. The van der Waals surface area contributed by atoms with Gasteiger partial charge in [0.1, 0.15) is 5.02 Å². The van der Waals surface area contributed by atoms with Crippen molar-refractivity contribution in [1.29, 1.82) is 0 Å². The summed E-state index contributed by atoms with van der Waals surface area (Å²) in [7, 11) is -3.59. The number of hydrogen-bond acceptors (Lipinski definition) is 6. The quantitative estimate of drug-likeness (QED) is 0.373. The summed E-state index contributed by atoms with van der Waals surface area (Å²) in [6, 6.07) is 9.84. The lowest BCUT2D eigenvalue weighted by atomic mass is 10.1. The number of nitro groups is 1. The molecule has 28 heavy (non-hydrogen) atoms. The molecular formula is C18H20ClN3O5S. The van der Waals surface area contributed by atoms with Gasteiger partial charge in [0.25, 0.3) is 5.69 Å². The summed E-state index contributed by atoms with van der Waals surface area (Å²) in [5, 5.41) is 13.7. The van der Waals surface area contributed by atoms with Crippen molar-refractivity contribution in [1.82, 2.24) is 4.31 Å². The van der Waals surface area contributed by atoms with Gasteiger partial charge in [-0.05, 0) is 36.4 Å². The molecular weight excluding hydrogens is 406 g/mol. The molecule has 2 aromatic carbocycles. The summed E-state index contributed by atoms with van der Waals surface area (Å²) in [6.07, 6.45) is 0. The summed E-state index contributed by atoms with van der Waals surface area (Å²) >= 11 is 5.76. The molecule has 10 heteroatoms. The van der Waals surface area contributed by atoms with Gasteiger partial charge in [-0.25, -0.2) is 8.42 Å². The van der Waals surface area contributed by atoms with E-state index in [1.165, 1.54) is 46.8 Å². The van der Waals surface area contributed by atoms with Crippen LogP contribution >= 0.6 is 11.6 Å². The third-order valence-electron chi connectivity index (χ3n) is 4.12. The number of carbonyl (C=O) groups is 1.